The van der Waals surface area contributed by atoms with Crippen LogP contribution < -0.4 is 5.32 Å². The molecular weight excluding hydrogens is 293 g/mol. The Morgan fingerprint density at radius 3 is 3.00 bits per heavy atom. The van der Waals surface area contributed by atoms with E-state index in [1.165, 1.54) is 6.33 Å². The second kappa shape index (κ2) is 5.29. The van der Waals surface area contributed by atoms with Crippen molar-refractivity contribution in [3.8, 4) is 0 Å². The molecule has 1 fully saturated rings. The van der Waals surface area contributed by atoms with Crippen LogP contribution in [0.4, 0.5) is 5.82 Å². The van der Waals surface area contributed by atoms with Crippen molar-refractivity contribution in [2.24, 2.45) is 0 Å². The van der Waals surface area contributed by atoms with E-state index in [1.807, 2.05) is 0 Å². The van der Waals surface area contributed by atoms with E-state index >= 15 is 0 Å². The Bertz CT molecular complexity index is 377. The molecule has 88 valence electrons. The van der Waals surface area contributed by atoms with E-state index in [4.69, 9.17) is 16.3 Å². The molecule has 0 amide bonds. The molecule has 2 atom stereocenters. The first-order valence-corrected chi connectivity index (χ1v) is 6.33. The summed E-state index contributed by atoms with van der Waals surface area (Å²) in [5.74, 6) is 0.752. The highest BCUT2D eigenvalue weighted by molar-refractivity contribution is 9.10. The molecule has 1 aromatic rings. The fourth-order valence-electron chi connectivity index (χ4n) is 1.93. The SMILES string of the molecule is COC1CCC(Nc2ncnc(Cl)c2Br)C1. The second-order valence-corrected chi connectivity index (χ2v) is 4.99. The first-order valence-electron chi connectivity index (χ1n) is 5.16. The first-order chi connectivity index (χ1) is 7.70. The standard InChI is InChI=1S/C10H13BrClN3O/c1-16-7-3-2-6(4-7)15-10-8(11)9(12)13-5-14-10/h5-7H,2-4H2,1H3,(H,13,14,15). The summed E-state index contributed by atoms with van der Waals surface area (Å²) in [6.07, 6.45) is 4.99. The van der Waals surface area contributed by atoms with E-state index in [2.05, 4.69) is 31.2 Å². The van der Waals surface area contributed by atoms with Crippen molar-refractivity contribution in [1.29, 1.82) is 0 Å². The summed E-state index contributed by atoms with van der Waals surface area (Å²) in [5, 5.41) is 3.78. The molecule has 2 unspecified atom stereocenters. The van der Waals surface area contributed by atoms with Gasteiger partial charge in [0.2, 0.25) is 0 Å². The molecule has 1 aromatic heterocycles. The molecule has 0 saturated heterocycles. The highest BCUT2D eigenvalue weighted by Crippen LogP contribution is 2.30. The van der Waals surface area contributed by atoms with Gasteiger partial charge in [0.25, 0.3) is 0 Å². The van der Waals surface area contributed by atoms with Crippen LogP contribution in [0.5, 0.6) is 0 Å². The maximum atomic E-state index is 5.89. The normalized spacial score (nSPS) is 24.7. The number of methoxy groups -OCH3 is 1. The van der Waals surface area contributed by atoms with Crippen LogP contribution in [-0.4, -0.2) is 29.2 Å². The average Bonchev–Trinajstić information content (AvgIpc) is 2.73. The summed E-state index contributed by atoms with van der Waals surface area (Å²) >= 11 is 9.26. The summed E-state index contributed by atoms with van der Waals surface area (Å²) in [6.45, 7) is 0. The number of ether oxygens (including phenoxy) is 1. The number of hydrogen-bond donors (Lipinski definition) is 1. The van der Waals surface area contributed by atoms with Gasteiger partial charge in [-0.2, -0.15) is 0 Å². The number of aromatic nitrogens is 2. The predicted octanol–water partition coefficient (Wildman–Crippen LogP) is 2.87. The van der Waals surface area contributed by atoms with Gasteiger partial charge < -0.3 is 10.1 Å². The van der Waals surface area contributed by atoms with Gasteiger partial charge in [0.05, 0.1) is 10.6 Å². The van der Waals surface area contributed by atoms with Crippen molar-refractivity contribution in [2.75, 3.05) is 12.4 Å². The van der Waals surface area contributed by atoms with Crippen LogP contribution in [0.15, 0.2) is 10.8 Å². The largest absolute Gasteiger partial charge is 0.381 e. The topological polar surface area (TPSA) is 47.0 Å². The molecule has 16 heavy (non-hydrogen) atoms. The van der Waals surface area contributed by atoms with E-state index < -0.39 is 0 Å². The number of nitrogens with one attached hydrogen (secondary N) is 1. The Balaban J connectivity index is 2.02. The monoisotopic (exact) mass is 305 g/mol. The lowest BCUT2D eigenvalue weighted by Gasteiger charge is -2.14. The van der Waals surface area contributed by atoms with Crippen LogP contribution in [0, 0.1) is 0 Å². The molecular formula is C10H13BrClN3O. The minimum Gasteiger partial charge on any atom is -0.381 e. The Kier molecular flexibility index (Phi) is 4.00. The quantitative estimate of drug-likeness (QED) is 0.872. The number of nitrogens with zero attached hydrogens (tertiary/aromatic N) is 2. The molecule has 2 rings (SSSR count). The number of anilines is 1. The fraction of sp³-hybridized carbons (Fsp3) is 0.600. The molecule has 0 aliphatic heterocycles. The van der Waals surface area contributed by atoms with Crippen molar-refractivity contribution >= 4 is 33.3 Å². The van der Waals surface area contributed by atoms with E-state index in [-0.39, 0.29) is 0 Å². The zero-order valence-corrected chi connectivity index (χ0v) is 11.3. The molecule has 0 spiro atoms. The molecule has 1 heterocycles. The Labute approximate surface area is 108 Å². The van der Waals surface area contributed by atoms with Crippen LogP contribution >= 0.6 is 27.5 Å². The van der Waals surface area contributed by atoms with Crippen LogP contribution in [0.25, 0.3) is 0 Å². The predicted molar refractivity (Wildman–Crippen MR) is 66.8 cm³/mol. The Morgan fingerprint density at radius 2 is 2.31 bits per heavy atom. The summed E-state index contributed by atoms with van der Waals surface area (Å²) in [4.78, 5) is 8.05. The third-order valence-electron chi connectivity index (χ3n) is 2.81. The highest BCUT2D eigenvalue weighted by atomic mass is 79.9. The Hall–Kier alpha value is -0.390. The third-order valence-corrected chi connectivity index (χ3v) is 4.07. The van der Waals surface area contributed by atoms with Crippen molar-refractivity contribution in [1.82, 2.24) is 9.97 Å². The smallest absolute Gasteiger partial charge is 0.148 e. The van der Waals surface area contributed by atoms with Gasteiger partial charge in [0.15, 0.2) is 0 Å². The zero-order valence-electron chi connectivity index (χ0n) is 8.91. The third kappa shape index (κ3) is 2.64. The maximum absolute atomic E-state index is 5.89. The number of rotatable bonds is 3. The van der Waals surface area contributed by atoms with Crippen molar-refractivity contribution in [2.45, 2.75) is 31.4 Å². The van der Waals surface area contributed by atoms with Crippen molar-refractivity contribution in [3.05, 3.63) is 16.0 Å². The van der Waals surface area contributed by atoms with Gasteiger partial charge in [-0.05, 0) is 35.2 Å². The van der Waals surface area contributed by atoms with E-state index in [0.717, 1.165) is 29.6 Å². The lowest BCUT2D eigenvalue weighted by atomic mass is 10.2. The highest BCUT2D eigenvalue weighted by Gasteiger charge is 2.25. The molecule has 0 aromatic carbocycles. The molecule has 1 N–H and O–H groups in total. The number of hydrogen-bond acceptors (Lipinski definition) is 4. The van der Waals surface area contributed by atoms with Crippen LogP contribution in [-0.2, 0) is 4.74 Å². The molecule has 6 heteroatoms. The summed E-state index contributed by atoms with van der Waals surface area (Å²) < 4.78 is 6.04. The van der Waals surface area contributed by atoms with E-state index in [0.29, 0.717) is 17.3 Å². The van der Waals surface area contributed by atoms with E-state index in [1.54, 1.807) is 7.11 Å². The van der Waals surface area contributed by atoms with Gasteiger partial charge >= 0.3 is 0 Å². The van der Waals surface area contributed by atoms with Gasteiger partial charge in [0, 0.05) is 13.2 Å². The van der Waals surface area contributed by atoms with Crippen molar-refractivity contribution in [3.63, 3.8) is 0 Å². The van der Waals surface area contributed by atoms with Gasteiger partial charge in [0.1, 0.15) is 17.3 Å². The van der Waals surface area contributed by atoms with Gasteiger partial charge in [-0.1, -0.05) is 11.6 Å². The molecule has 1 aliphatic rings. The van der Waals surface area contributed by atoms with Gasteiger partial charge in [-0.3, -0.25) is 0 Å². The molecule has 1 aliphatic carbocycles. The molecule has 0 radical (unpaired) electrons. The lowest BCUT2D eigenvalue weighted by Crippen LogP contribution is -2.18. The fourth-order valence-corrected chi connectivity index (χ4v) is 2.38. The second-order valence-electron chi connectivity index (χ2n) is 3.84. The van der Waals surface area contributed by atoms with E-state index in [9.17, 15) is 0 Å². The van der Waals surface area contributed by atoms with Gasteiger partial charge in [-0.15, -0.1) is 0 Å². The summed E-state index contributed by atoms with van der Waals surface area (Å²) in [5.41, 5.74) is 0. The number of halogens is 2. The average molecular weight is 307 g/mol. The minimum atomic E-state index is 0.355. The van der Waals surface area contributed by atoms with Crippen LogP contribution in [0.2, 0.25) is 5.15 Å². The lowest BCUT2D eigenvalue weighted by molar-refractivity contribution is 0.108. The minimum absolute atomic E-state index is 0.355. The summed E-state index contributed by atoms with van der Waals surface area (Å²) in [7, 11) is 1.75. The summed E-state index contributed by atoms with van der Waals surface area (Å²) in [6, 6.07) is 0.396. The zero-order chi connectivity index (χ0) is 11.5. The van der Waals surface area contributed by atoms with Crippen LogP contribution in [0.3, 0.4) is 0 Å². The maximum Gasteiger partial charge on any atom is 0.148 e. The molecule has 0 bridgehead atoms. The molecule has 4 nitrogen and oxygen atoms in total. The van der Waals surface area contributed by atoms with Crippen molar-refractivity contribution < 1.29 is 4.74 Å². The van der Waals surface area contributed by atoms with Crippen LogP contribution in [0.1, 0.15) is 19.3 Å². The van der Waals surface area contributed by atoms with Gasteiger partial charge in [-0.25, -0.2) is 9.97 Å². The Morgan fingerprint density at radius 1 is 1.50 bits per heavy atom. The molecule has 1 saturated carbocycles. The first kappa shape index (κ1) is 12.1.